The highest BCUT2D eigenvalue weighted by Crippen LogP contribution is 2.42. The van der Waals surface area contributed by atoms with E-state index in [-0.39, 0.29) is 0 Å². The third-order valence-corrected chi connectivity index (χ3v) is 8.46. The number of aromatic carboxylic acids is 1. The second-order valence-corrected chi connectivity index (χ2v) is 10.5. The van der Waals surface area contributed by atoms with Crippen LogP contribution < -0.4 is 0 Å². The Hall–Kier alpha value is -1.57. The fourth-order valence-corrected chi connectivity index (χ4v) is 6.37. The van der Waals surface area contributed by atoms with Gasteiger partial charge >= 0.3 is 5.97 Å². The van der Waals surface area contributed by atoms with Gasteiger partial charge in [0.05, 0.1) is 4.88 Å². The minimum Gasteiger partial charge on any atom is -0.477 e. The average molecular weight is 426 g/mol. The van der Waals surface area contributed by atoms with E-state index in [1.54, 1.807) is 0 Å². The minimum absolute atomic E-state index is 0.493. The lowest BCUT2D eigenvalue weighted by atomic mass is 9.75. The van der Waals surface area contributed by atoms with Crippen LogP contribution >= 0.6 is 11.3 Å². The van der Waals surface area contributed by atoms with Crippen LogP contribution in [0, 0.1) is 29.6 Å². The third-order valence-electron chi connectivity index (χ3n) is 7.42. The molecule has 3 aliphatic rings. The molecular weight excluding hydrogens is 390 g/mol. The van der Waals surface area contributed by atoms with Crippen LogP contribution in [0.5, 0.6) is 0 Å². The molecule has 0 radical (unpaired) electrons. The Balaban J connectivity index is 1.70. The summed E-state index contributed by atoms with van der Waals surface area (Å²) in [6.45, 7) is 7.68. The topological polar surface area (TPSA) is 40.5 Å². The number of rotatable bonds is 4. The van der Waals surface area contributed by atoms with Gasteiger partial charge in [0.25, 0.3) is 0 Å². The van der Waals surface area contributed by atoms with Gasteiger partial charge in [-0.05, 0) is 67.7 Å². The summed E-state index contributed by atoms with van der Waals surface area (Å²) in [5, 5.41) is 9.95. The van der Waals surface area contributed by atoms with Gasteiger partial charge in [-0.2, -0.15) is 0 Å². The summed E-state index contributed by atoms with van der Waals surface area (Å²) in [5.41, 5.74) is 3.81. The number of hydrogen-bond acceptors (Lipinski definition) is 3. The van der Waals surface area contributed by atoms with Crippen LogP contribution in [0.1, 0.15) is 91.7 Å². The minimum atomic E-state index is -0.800. The standard InChI is InChI=1S/C26H35NO2S/c1-3-27-15-14-22(24(17-27)20-11-8-18(2)9-12-20)23-16-21(30-25(23)26(28)29)13-10-19-6-4-5-7-19/h16,18-20H,3-9,11-12,14-15,17H2,1-2H3,(H,28,29). The molecule has 0 unspecified atom stereocenters. The highest BCUT2D eigenvalue weighted by molar-refractivity contribution is 7.14. The molecule has 162 valence electrons. The van der Waals surface area contributed by atoms with Gasteiger partial charge in [-0.3, -0.25) is 4.90 Å². The van der Waals surface area contributed by atoms with Crippen LogP contribution in [-0.2, 0) is 0 Å². The molecule has 0 amide bonds. The molecule has 1 aromatic rings. The van der Waals surface area contributed by atoms with E-state index in [2.05, 4.69) is 36.7 Å². The number of carboxylic acid groups (broad SMARTS) is 1. The molecule has 4 rings (SSSR count). The summed E-state index contributed by atoms with van der Waals surface area (Å²) < 4.78 is 0. The molecule has 0 aromatic carbocycles. The lowest BCUT2D eigenvalue weighted by Gasteiger charge is -2.36. The molecule has 0 bridgehead atoms. The molecule has 1 aromatic heterocycles. The average Bonchev–Trinajstić information content (AvgIpc) is 3.42. The van der Waals surface area contributed by atoms with Crippen LogP contribution in [0.4, 0.5) is 0 Å². The first kappa shape index (κ1) is 21.7. The van der Waals surface area contributed by atoms with Crippen molar-refractivity contribution < 1.29 is 9.90 Å². The van der Waals surface area contributed by atoms with Gasteiger partial charge in [0, 0.05) is 24.6 Å². The van der Waals surface area contributed by atoms with Crippen LogP contribution in [-0.4, -0.2) is 35.6 Å². The molecule has 1 N–H and O–H groups in total. The summed E-state index contributed by atoms with van der Waals surface area (Å²) in [7, 11) is 0. The Bertz CT molecular complexity index is 857. The molecule has 0 atom stereocenters. The molecule has 0 spiro atoms. The van der Waals surface area contributed by atoms with Gasteiger partial charge < -0.3 is 5.11 Å². The number of likely N-dealkylation sites (N-methyl/N-ethyl adjacent to an activating group) is 1. The first-order valence-corrected chi connectivity index (χ1v) is 12.7. The van der Waals surface area contributed by atoms with Crippen molar-refractivity contribution >= 4 is 22.9 Å². The number of thiophene rings is 1. The molecule has 4 heteroatoms. The zero-order valence-corrected chi connectivity index (χ0v) is 19.3. The smallest absolute Gasteiger partial charge is 0.346 e. The van der Waals surface area contributed by atoms with E-state index in [1.165, 1.54) is 73.8 Å². The molecule has 2 fully saturated rings. The zero-order chi connectivity index (χ0) is 21.1. The number of nitrogens with zero attached hydrogens (tertiary/aromatic N) is 1. The molecule has 1 aliphatic heterocycles. The van der Waals surface area contributed by atoms with Crippen molar-refractivity contribution in [3.05, 3.63) is 27.0 Å². The molecule has 30 heavy (non-hydrogen) atoms. The lowest BCUT2D eigenvalue weighted by Crippen LogP contribution is -2.34. The van der Waals surface area contributed by atoms with E-state index in [1.807, 2.05) is 0 Å². The Morgan fingerprint density at radius 2 is 1.93 bits per heavy atom. The Labute approximate surface area is 185 Å². The largest absolute Gasteiger partial charge is 0.477 e. The maximum absolute atomic E-state index is 12.1. The molecule has 0 saturated heterocycles. The van der Waals surface area contributed by atoms with E-state index < -0.39 is 5.97 Å². The predicted octanol–water partition coefficient (Wildman–Crippen LogP) is 6.29. The first-order chi connectivity index (χ1) is 14.5. The van der Waals surface area contributed by atoms with Crippen molar-refractivity contribution in [1.82, 2.24) is 4.90 Å². The van der Waals surface area contributed by atoms with E-state index in [0.717, 1.165) is 42.4 Å². The quantitative estimate of drug-likeness (QED) is 0.576. The van der Waals surface area contributed by atoms with E-state index in [4.69, 9.17) is 0 Å². The normalized spacial score (nSPS) is 25.9. The van der Waals surface area contributed by atoms with Crippen LogP contribution in [0.15, 0.2) is 11.6 Å². The molecule has 2 heterocycles. The maximum atomic E-state index is 12.1. The van der Waals surface area contributed by atoms with E-state index in [0.29, 0.717) is 16.7 Å². The van der Waals surface area contributed by atoms with Crippen LogP contribution in [0.25, 0.3) is 5.57 Å². The maximum Gasteiger partial charge on any atom is 0.346 e. The van der Waals surface area contributed by atoms with Crippen molar-refractivity contribution in [2.75, 3.05) is 19.6 Å². The van der Waals surface area contributed by atoms with E-state index >= 15 is 0 Å². The summed E-state index contributed by atoms with van der Waals surface area (Å²) in [6.07, 6.45) is 11.0. The first-order valence-electron chi connectivity index (χ1n) is 11.9. The highest BCUT2D eigenvalue weighted by atomic mass is 32.1. The fourth-order valence-electron chi connectivity index (χ4n) is 5.49. The summed E-state index contributed by atoms with van der Waals surface area (Å²) in [6, 6.07) is 2.10. The van der Waals surface area contributed by atoms with Crippen molar-refractivity contribution in [3.63, 3.8) is 0 Å². The van der Waals surface area contributed by atoms with Gasteiger partial charge in [0.15, 0.2) is 0 Å². The predicted molar refractivity (Wildman–Crippen MR) is 125 cm³/mol. The van der Waals surface area contributed by atoms with Gasteiger partial charge in [0.2, 0.25) is 0 Å². The summed E-state index contributed by atoms with van der Waals surface area (Å²) in [4.78, 5) is 16.1. The van der Waals surface area contributed by atoms with Gasteiger partial charge in [-0.15, -0.1) is 11.3 Å². The molecule has 2 aliphatic carbocycles. The lowest BCUT2D eigenvalue weighted by molar-refractivity contribution is 0.0702. The van der Waals surface area contributed by atoms with Crippen LogP contribution in [0.3, 0.4) is 0 Å². The molecule has 2 saturated carbocycles. The second-order valence-electron chi connectivity index (χ2n) is 9.49. The van der Waals surface area contributed by atoms with Crippen molar-refractivity contribution in [1.29, 1.82) is 0 Å². The number of carbonyl (C=O) groups is 1. The highest BCUT2D eigenvalue weighted by Gasteiger charge is 2.30. The van der Waals surface area contributed by atoms with Crippen molar-refractivity contribution in [2.24, 2.45) is 17.8 Å². The van der Waals surface area contributed by atoms with Crippen LogP contribution in [0.2, 0.25) is 0 Å². The number of hydrogen-bond donors (Lipinski definition) is 1. The van der Waals surface area contributed by atoms with Gasteiger partial charge in [-0.25, -0.2) is 4.79 Å². The number of carboxylic acids is 1. The molecule has 3 nitrogen and oxygen atoms in total. The van der Waals surface area contributed by atoms with Gasteiger partial charge in [0.1, 0.15) is 4.88 Å². The SMILES string of the molecule is CCN1CCC(c2cc(C#CC3CCCC3)sc2C(=O)O)=C(C2CCC(C)CC2)C1. The van der Waals surface area contributed by atoms with Gasteiger partial charge in [-0.1, -0.05) is 51.4 Å². The third kappa shape index (κ3) is 4.84. The monoisotopic (exact) mass is 425 g/mol. The summed E-state index contributed by atoms with van der Waals surface area (Å²) in [5.74, 6) is 7.88. The fraction of sp³-hybridized carbons (Fsp3) is 0.654. The van der Waals surface area contributed by atoms with Crippen molar-refractivity contribution in [2.45, 2.75) is 71.6 Å². The second kappa shape index (κ2) is 9.71. The van der Waals surface area contributed by atoms with Crippen molar-refractivity contribution in [3.8, 4) is 11.8 Å². The Morgan fingerprint density at radius 3 is 2.60 bits per heavy atom. The summed E-state index contributed by atoms with van der Waals surface area (Å²) >= 11 is 1.38. The molecular formula is C26H35NO2S. The Morgan fingerprint density at radius 1 is 1.20 bits per heavy atom. The zero-order valence-electron chi connectivity index (χ0n) is 18.5. The van der Waals surface area contributed by atoms with E-state index in [9.17, 15) is 9.90 Å². The Kier molecular flexibility index (Phi) is 7.01.